The molecule has 0 N–H and O–H groups in total. The van der Waals surface area contributed by atoms with Crippen molar-refractivity contribution in [3.8, 4) is 0 Å². The van der Waals surface area contributed by atoms with Gasteiger partial charge in [0.25, 0.3) is 0 Å². The van der Waals surface area contributed by atoms with Crippen LogP contribution in [0.15, 0.2) is 5.10 Å². The van der Waals surface area contributed by atoms with Gasteiger partial charge in [-0.2, -0.15) is 5.10 Å². The van der Waals surface area contributed by atoms with Gasteiger partial charge in [-0.15, -0.1) is 0 Å². The molecular formula is C7H14BN2. The van der Waals surface area contributed by atoms with Gasteiger partial charge in [-0.1, -0.05) is 0 Å². The van der Waals surface area contributed by atoms with E-state index in [1.807, 2.05) is 6.21 Å². The lowest BCUT2D eigenvalue weighted by molar-refractivity contribution is 0.306. The molecule has 0 bridgehead atoms. The lowest BCUT2D eigenvalue weighted by Crippen LogP contribution is -2.16. The molecule has 1 aliphatic heterocycles. The maximum Gasteiger partial charge on any atom is 0.0360 e. The third kappa shape index (κ3) is 2.90. The predicted molar refractivity (Wildman–Crippen MR) is 45.3 cm³/mol. The van der Waals surface area contributed by atoms with Crippen LogP contribution >= 0.6 is 0 Å². The van der Waals surface area contributed by atoms with Crippen LogP contribution in [0.1, 0.15) is 26.2 Å². The van der Waals surface area contributed by atoms with Crippen molar-refractivity contribution in [3.05, 3.63) is 0 Å². The standard InChI is InChI=1S/C7H14N2.B/c1-2-9-7-5-3-4-6-8-9;/h6H,2-5,7H2,1H3;. The van der Waals surface area contributed by atoms with Crippen LogP contribution < -0.4 is 0 Å². The SMILES string of the molecule is CCN1CCCCC=N1.[B]. The first-order chi connectivity index (χ1) is 4.43. The summed E-state index contributed by atoms with van der Waals surface area (Å²) in [5, 5.41) is 6.37. The largest absolute Gasteiger partial charge is 0.298 e. The van der Waals surface area contributed by atoms with Crippen molar-refractivity contribution in [1.82, 2.24) is 5.01 Å². The smallest absolute Gasteiger partial charge is 0.0360 e. The van der Waals surface area contributed by atoms with Gasteiger partial charge in [0.1, 0.15) is 0 Å². The Kier molecular flexibility index (Phi) is 5.08. The van der Waals surface area contributed by atoms with Gasteiger partial charge < -0.3 is 0 Å². The normalized spacial score (nSPS) is 17.9. The summed E-state index contributed by atoms with van der Waals surface area (Å²) in [6, 6.07) is 0. The fourth-order valence-electron chi connectivity index (χ4n) is 1.00. The Balaban J connectivity index is 0.000000810. The zero-order valence-electron chi connectivity index (χ0n) is 6.58. The molecule has 0 amide bonds. The second kappa shape index (κ2) is 5.33. The Bertz CT molecular complexity index is 104. The van der Waals surface area contributed by atoms with Crippen LogP contribution in [0.5, 0.6) is 0 Å². The molecule has 0 aliphatic carbocycles. The van der Waals surface area contributed by atoms with E-state index in [1.54, 1.807) is 0 Å². The highest BCUT2D eigenvalue weighted by molar-refractivity contribution is 5.75. The van der Waals surface area contributed by atoms with Crippen molar-refractivity contribution in [2.24, 2.45) is 5.10 Å². The molecule has 0 aromatic carbocycles. The molecule has 0 fully saturated rings. The van der Waals surface area contributed by atoms with Crippen LogP contribution in [0, 0.1) is 0 Å². The van der Waals surface area contributed by atoms with E-state index in [-0.39, 0.29) is 8.41 Å². The van der Waals surface area contributed by atoms with Crippen molar-refractivity contribution in [3.63, 3.8) is 0 Å². The van der Waals surface area contributed by atoms with Gasteiger partial charge in [-0.05, 0) is 26.2 Å². The fraction of sp³-hybridized carbons (Fsp3) is 0.857. The van der Waals surface area contributed by atoms with E-state index in [0.717, 1.165) is 19.5 Å². The summed E-state index contributed by atoms with van der Waals surface area (Å²) in [5.41, 5.74) is 0. The molecule has 1 heterocycles. The first-order valence-corrected chi connectivity index (χ1v) is 3.71. The average molecular weight is 137 g/mol. The molecule has 0 aromatic rings. The molecule has 10 heavy (non-hydrogen) atoms. The number of hydrogen-bond acceptors (Lipinski definition) is 2. The topological polar surface area (TPSA) is 15.6 Å². The van der Waals surface area contributed by atoms with Crippen molar-refractivity contribution >= 4 is 14.6 Å². The van der Waals surface area contributed by atoms with Crippen LogP contribution in [0.2, 0.25) is 0 Å². The van der Waals surface area contributed by atoms with Crippen LogP contribution in [0.3, 0.4) is 0 Å². The molecule has 1 rings (SSSR count). The second-order valence-corrected chi connectivity index (χ2v) is 2.34. The molecule has 55 valence electrons. The highest BCUT2D eigenvalue weighted by Crippen LogP contribution is 2.02. The quantitative estimate of drug-likeness (QED) is 0.494. The number of rotatable bonds is 1. The lowest BCUT2D eigenvalue weighted by atomic mass is 10.2. The molecule has 3 radical (unpaired) electrons. The Morgan fingerprint density at radius 2 is 2.30 bits per heavy atom. The van der Waals surface area contributed by atoms with Crippen molar-refractivity contribution in [2.75, 3.05) is 13.1 Å². The number of nitrogens with zero attached hydrogens (tertiary/aromatic N) is 2. The van der Waals surface area contributed by atoms with E-state index in [1.165, 1.54) is 12.8 Å². The Labute approximate surface area is 64.9 Å². The van der Waals surface area contributed by atoms with Gasteiger partial charge in [0, 0.05) is 27.7 Å². The Morgan fingerprint density at radius 1 is 1.50 bits per heavy atom. The molecule has 0 saturated heterocycles. The Hall–Kier alpha value is -0.465. The molecule has 3 heteroatoms. The highest BCUT2D eigenvalue weighted by atomic mass is 15.4. The Morgan fingerprint density at radius 3 is 3.00 bits per heavy atom. The fourth-order valence-corrected chi connectivity index (χ4v) is 1.00. The molecule has 0 unspecified atom stereocenters. The van der Waals surface area contributed by atoms with Crippen molar-refractivity contribution in [1.29, 1.82) is 0 Å². The van der Waals surface area contributed by atoms with Crippen molar-refractivity contribution < 1.29 is 0 Å². The summed E-state index contributed by atoms with van der Waals surface area (Å²) >= 11 is 0. The van der Waals surface area contributed by atoms with Gasteiger partial charge in [-0.3, -0.25) is 5.01 Å². The minimum atomic E-state index is 0. The van der Waals surface area contributed by atoms with Crippen LogP contribution in [-0.4, -0.2) is 32.7 Å². The summed E-state index contributed by atoms with van der Waals surface area (Å²) in [5.74, 6) is 0. The highest BCUT2D eigenvalue weighted by Gasteiger charge is 1.98. The first kappa shape index (κ1) is 9.53. The molecule has 0 atom stereocenters. The minimum Gasteiger partial charge on any atom is -0.298 e. The van der Waals surface area contributed by atoms with Crippen LogP contribution in [0.4, 0.5) is 0 Å². The third-order valence-electron chi connectivity index (χ3n) is 1.61. The third-order valence-corrected chi connectivity index (χ3v) is 1.61. The van der Waals surface area contributed by atoms with Gasteiger partial charge in [0.05, 0.1) is 0 Å². The lowest BCUT2D eigenvalue weighted by Gasteiger charge is -2.13. The monoisotopic (exact) mass is 137 g/mol. The predicted octanol–water partition coefficient (Wildman–Crippen LogP) is 1.10. The van der Waals surface area contributed by atoms with E-state index in [2.05, 4.69) is 17.0 Å². The van der Waals surface area contributed by atoms with Crippen LogP contribution in [0.25, 0.3) is 0 Å². The molecule has 1 aliphatic rings. The zero-order chi connectivity index (χ0) is 6.53. The van der Waals surface area contributed by atoms with E-state index in [9.17, 15) is 0 Å². The molecule has 2 nitrogen and oxygen atoms in total. The molecule has 0 aromatic heterocycles. The zero-order valence-corrected chi connectivity index (χ0v) is 6.58. The van der Waals surface area contributed by atoms with Gasteiger partial charge in [0.15, 0.2) is 0 Å². The summed E-state index contributed by atoms with van der Waals surface area (Å²) < 4.78 is 0. The summed E-state index contributed by atoms with van der Waals surface area (Å²) in [6.07, 6.45) is 5.79. The first-order valence-electron chi connectivity index (χ1n) is 3.71. The minimum absolute atomic E-state index is 0. The van der Waals surface area contributed by atoms with E-state index in [0.29, 0.717) is 0 Å². The molecular weight excluding hydrogens is 123 g/mol. The second-order valence-electron chi connectivity index (χ2n) is 2.34. The van der Waals surface area contributed by atoms with Gasteiger partial charge in [0.2, 0.25) is 0 Å². The molecule has 0 spiro atoms. The number of hydrogen-bond donors (Lipinski definition) is 0. The van der Waals surface area contributed by atoms with Gasteiger partial charge in [-0.25, -0.2) is 0 Å². The maximum atomic E-state index is 4.25. The summed E-state index contributed by atoms with van der Waals surface area (Å²) in [6.45, 7) is 4.34. The summed E-state index contributed by atoms with van der Waals surface area (Å²) in [7, 11) is 0. The van der Waals surface area contributed by atoms with E-state index >= 15 is 0 Å². The maximum absolute atomic E-state index is 4.25. The molecule has 0 saturated carbocycles. The van der Waals surface area contributed by atoms with E-state index < -0.39 is 0 Å². The van der Waals surface area contributed by atoms with Crippen molar-refractivity contribution in [2.45, 2.75) is 26.2 Å². The van der Waals surface area contributed by atoms with E-state index in [4.69, 9.17) is 0 Å². The summed E-state index contributed by atoms with van der Waals surface area (Å²) in [4.78, 5) is 0. The average Bonchev–Trinajstić information content (AvgIpc) is 2.13. The number of hydrazone groups is 1. The van der Waals surface area contributed by atoms with Crippen LogP contribution in [-0.2, 0) is 0 Å². The van der Waals surface area contributed by atoms with Gasteiger partial charge >= 0.3 is 0 Å².